The van der Waals surface area contributed by atoms with Crippen LogP contribution in [0.25, 0.3) is 11.1 Å². The molecule has 0 aromatic carbocycles. The van der Waals surface area contributed by atoms with Crippen LogP contribution in [-0.2, 0) is 4.74 Å². The van der Waals surface area contributed by atoms with Gasteiger partial charge >= 0.3 is 6.09 Å². The molecule has 2 amide bonds. The van der Waals surface area contributed by atoms with Gasteiger partial charge < -0.3 is 19.8 Å². The van der Waals surface area contributed by atoms with Crippen LogP contribution in [0.3, 0.4) is 0 Å². The molecule has 1 aliphatic carbocycles. The van der Waals surface area contributed by atoms with Crippen LogP contribution < -0.4 is 10.6 Å². The van der Waals surface area contributed by atoms with Gasteiger partial charge in [0, 0.05) is 18.3 Å². The van der Waals surface area contributed by atoms with E-state index in [0.717, 1.165) is 18.5 Å². The van der Waals surface area contributed by atoms with E-state index in [1.807, 2.05) is 40.7 Å². The molecule has 2 heterocycles. The van der Waals surface area contributed by atoms with Crippen molar-refractivity contribution in [1.82, 2.24) is 15.6 Å². The van der Waals surface area contributed by atoms with Gasteiger partial charge in [-0.3, -0.25) is 4.79 Å². The number of nitrogens with one attached hydrogen (secondary N) is 2. The van der Waals surface area contributed by atoms with Crippen LogP contribution in [0, 0.1) is 12.8 Å². The van der Waals surface area contributed by atoms with Crippen molar-refractivity contribution in [3.05, 3.63) is 29.7 Å². The number of fused-ring (bicyclic) bond motifs is 1. The fraction of sp³-hybridized carbons (Fsp3) is 0.550. The summed E-state index contributed by atoms with van der Waals surface area (Å²) in [6, 6.07) is 5.29. The number of ether oxygens (including phenoxy) is 1. The summed E-state index contributed by atoms with van der Waals surface area (Å²) in [7, 11) is 0. The predicted octanol–water partition coefficient (Wildman–Crippen LogP) is 3.56. The zero-order valence-electron chi connectivity index (χ0n) is 16.5. The van der Waals surface area contributed by atoms with E-state index in [1.54, 1.807) is 12.1 Å². The molecule has 0 spiro atoms. The molecule has 0 radical (unpaired) electrons. The van der Waals surface area contributed by atoms with E-state index in [2.05, 4.69) is 15.6 Å². The summed E-state index contributed by atoms with van der Waals surface area (Å²) in [5.41, 5.74) is 0.949. The van der Waals surface area contributed by atoms with Crippen LogP contribution in [0.1, 0.15) is 56.8 Å². The first-order valence-corrected chi connectivity index (χ1v) is 9.22. The average molecular weight is 373 g/mol. The first kappa shape index (κ1) is 19.2. The van der Waals surface area contributed by atoms with E-state index in [9.17, 15) is 9.59 Å². The van der Waals surface area contributed by atoms with E-state index < -0.39 is 17.2 Å². The van der Waals surface area contributed by atoms with E-state index in [0.29, 0.717) is 17.0 Å². The summed E-state index contributed by atoms with van der Waals surface area (Å²) in [5.74, 6) is 0.208. The third-order valence-electron chi connectivity index (χ3n) is 4.61. The molecule has 2 aromatic rings. The van der Waals surface area contributed by atoms with E-state index >= 15 is 0 Å². The smallest absolute Gasteiger partial charge is 0.407 e. The Kier molecular flexibility index (Phi) is 4.88. The zero-order valence-corrected chi connectivity index (χ0v) is 16.5. The van der Waals surface area contributed by atoms with Crippen LogP contribution in [0.5, 0.6) is 0 Å². The van der Waals surface area contributed by atoms with Gasteiger partial charge in [-0.15, -0.1) is 0 Å². The number of nitrogens with zero attached hydrogens (tertiary/aromatic N) is 1. The molecule has 1 saturated carbocycles. The van der Waals surface area contributed by atoms with Gasteiger partial charge in [-0.2, -0.15) is 0 Å². The Hall–Kier alpha value is -2.57. The molecule has 1 unspecified atom stereocenters. The number of hydrogen-bond acceptors (Lipinski definition) is 5. The highest BCUT2D eigenvalue weighted by Crippen LogP contribution is 2.39. The average Bonchev–Trinajstić information content (AvgIpc) is 3.32. The van der Waals surface area contributed by atoms with Gasteiger partial charge in [0.05, 0.1) is 5.54 Å². The van der Waals surface area contributed by atoms with Crippen molar-refractivity contribution < 1.29 is 18.7 Å². The number of amides is 2. The molecule has 2 N–H and O–H groups in total. The van der Waals surface area contributed by atoms with Gasteiger partial charge in [0.1, 0.15) is 11.1 Å². The number of rotatable bonds is 5. The second-order valence-corrected chi connectivity index (χ2v) is 8.45. The lowest BCUT2D eigenvalue weighted by Gasteiger charge is -2.31. The lowest BCUT2D eigenvalue weighted by Crippen LogP contribution is -2.55. The van der Waals surface area contributed by atoms with E-state index in [-0.39, 0.29) is 18.2 Å². The van der Waals surface area contributed by atoms with Gasteiger partial charge in [0.15, 0.2) is 11.3 Å². The highest BCUT2D eigenvalue weighted by Gasteiger charge is 2.43. The van der Waals surface area contributed by atoms with Crippen LogP contribution in [-0.4, -0.2) is 34.7 Å². The molecule has 1 fully saturated rings. The predicted molar refractivity (Wildman–Crippen MR) is 102 cm³/mol. The summed E-state index contributed by atoms with van der Waals surface area (Å²) in [5, 5.41) is 5.81. The Morgan fingerprint density at radius 3 is 2.59 bits per heavy atom. The summed E-state index contributed by atoms with van der Waals surface area (Å²) in [6.07, 6.45) is 1.52. The maximum absolute atomic E-state index is 12.7. The van der Waals surface area contributed by atoms with Gasteiger partial charge in [-0.05, 0) is 65.5 Å². The topological polar surface area (TPSA) is 93.5 Å². The molecule has 0 bridgehead atoms. The SMILES string of the molecule is Cc1ccc2oc(C(=O)NC(C)(CNC(=O)OC(C)(C)C)C3CC3)cc2n1. The number of aromatic nitrogens is 1. The van der Waals surface area contributed by atoms with Crippen molar-refractivity contribution >= 4 is 23.1 Å². The molecule has 1 aliphatic rings. The van der Waals surface area contributed by atoms with E-state index in [4.69, 9.17) is 9.15 Å². The second-order valence-electron chi connectivity index (χ2n) is 8.45. The normalized spacial score (nSPS) is 16.6. The van der Waals surface area contributed by atoms with Gasteiger partial charge in [0.2, 0.25) is 0 Å². The monoisotopic (exact) mass is 373 g/mol. The minimum Gasteiger partial charge on any atom is -0.449 e. The summed E-state index contributed by atoms with van der Waals surface area (Å²) >= 11 is 0. The second kappa shape index (κ2) is 6.87. The van der Waals surface area contributed by atoms with Crippen molar-refractivity contribution in [3.63, 3.8) is 0 Å². The lowest BCUT2D eigenvalue weighted by atomic mass is 9.95. The summed E-state index contributed by atoms with van der Waals surface area (Å²) in [4.78, 5) is 29.1. The van der Waals surface area contributed by atoms with Crippen LogP contribution >= 0.6 is 0 Å². The maximum Gasteiger partial charge on any atom is 0.407 e. The summed E-state index contributed by atoms with van der Waals surface area (Å²) in [6.45, 7) is 9.54. The van der Waals surface area contributed by atoms with Crippen molar-refractivity contribution in [1.29, 1.82) is 0 Å². The maximum atomic E-state index is 12.7. The molecular weight excluding hydrogens is 346 g/mol. The first-order valence-electron chi connectivity index (χ1n) is 9.22. The number of furan rings is 1. The number of alkyl carbamates (subject to hydrolysis) is 1. The molecule has 7 heteroatoms. The molecule has 1 atom stereocenters. The number of carbonyl (C=O) groups excluding carboxylic acids is 2. The molecule has 0 saturated heterocycles. The molecule has 27 heavy (non-hydrogen) atoms. The molecule has 146 valence electrons. The van der Waals surface area contributed by atoms with Crippen LogP contribution in [0.15, 0.2) is 22.6 Å². The molecule has 7 nitrogen and oxygen atoms in total. The largest absolute Gasteiger partial charge is 0.449 e. The Morgan fingerprint density at radius 2 is 1.96 bits per heavy atom. The Balaban J connectivity index is 1.69. The fourth-order valence-corrected chi connectivity index (χ4v) is 3.04. The molecular formula is C20H27N3O4. The molecule has 3 rings (SSSR count). The Bertz CT molecular complexity index is 864. The van der Waals surface area contributed by atoms with Crippen molar-refractivity contribution in [2.45, 2.75) is 58.6 Å². The number of aryl methyl sites for hydroxylation is 1. The zero-order chi connectivity index (χ0) is 19.8. The van der Waals surface area contributed by atoms with Crippen LogP contribution in [0.4, 0.5) is 4.79 Å². The number of carbonyl (C=O) groups is 2. The Labute approximate surface area is 158 Å². The lowest BCUT2D eigenvalue weighted by molar-refractivity contribution is 0.0502. The minimum atomic E-state index is -0.573. The molecule has 2 aromatic heterocycles. The van der Waals surface area contributed by atoms with E-state index in [1.165, 1.54) is 0 Å². The van der Waals surface area contributed by atoms with Gasteiger partial charge in [-0.1, -0.05) is 0 Å². The fourth-order valence-electron chi connectivity index (χ4n) is 3.04. The molecule has 0 aliphatic heterocycles. The van der Waals surface area contributed by atoms with Crippen molar-refractivity contribution in [2.24, 2.45) is 5.92 Å². The highest BCUT2D eigenvalue weighted by atomic mass is 16.6. The third kappa shape index (κ3) is 4.78. The number of hydrogen-bond donors (Lipinski definition) is 2. The van der Waals surface area contributed by atoms with Gasteiger partial charge in [0.25, 0.3) is 5.91 Å². The van der Waals surface area contributed by atoms with Crippen molar-refractivity contribution in [2.75, 3.05) is 6.54 Å². The van der Waals surface area contributed by atoms with Gasteiger partial charge in [-0.25, -0.2) is 9.78 Å². The first-order chi connectivity index (χ1) is 12.6. The quantitative estimate of drug-likeness (QED) is 0.836. The standard InChI is InChI=1S/C20H27N3O4/c1-12-6-9-15-14(22-12)10-16(26-15)17(24)23-20(5,13-7-8-13)11-21-18(25)27-19(2,3)4/h6,9-10,13H,7-8,11H2,1-5H3,(H,21,25)(H,23,24). The third-order valence-corrected chi connectivity index (χ3v) is 4.61. The number of pyridine rings is 1. The minimum absolute atomic E-state index is 0.215. The van der Waals surface area contributed by atoms with Crippen LogP contribution in [0.2, 0.25) is 0 Å². The summed E-state index contributed by atoms with van der Waals surface area (Å²) < 4.78 is 10.9. The Morgan fingerprint density at radius 1 is 1.26 bits per heavy atom. The highest BCUT2D eigenvalue weighted by molar-refractivity contribution is 5.95. The van der Waals surface area contributed by atoms with Crippen molar-refractivity contribution in [3.8, 4) is 0 Å².